The smallest absolute Gasteiger partial charge is 0.330 e. The molecule has 0 atom stereocenters. The van der Waals surface area contributed by atoms with Crippen LogP contribution >= 0.6 is 0 Å². The second-order valence-electron chi connectivity index (χ2n) is 2.96. The molecule has 0 spiro atoms. The molecule has 0 aliphatic rings. The Morgan fingerprint density at radius 2 is 2.17 bits per heavy atom. The predicted octanol–water partition coefficient (Wildman–Crippen LogP) is 1.06. The SMILES string of the molecule is COC(=O)C=CCN(C)C(C)C. The van der Waals surface area contributed by atoms with Gasteiger partial charge in [0, 0.05) is 18.7 Å². The van der Waals surface area contributed by atoms with E-state index in [2.05, 4.69) is 23.5 Å². The van der Waals surface area contributed by atoms with Gasteiger partial charge in [0.25, 0.3) is 0 Å². The molecule has 0 aromatic heterocycles. The van der Waals surface area contributed by atoms with Crippen LogP contribution < -0.4 is 0 Å². The van der Waals surface area contributed by atoms with Gasteiger partial charge in [0.1, 0.15) is 0 Å². The molecule has 0 unspecified atom stereocenters. The molecular formula is C9H17NO2. The predicted molar refractivity (Wildman–Crippen MR) is 48.9 cm³/mol. The summed E-state index contributed by atoms with van der Waals surface area (Å²) < 4.78 is 4.45. The normalized spacial score (nSPS) is 11.5. The van der Waals surface area contributed by atoms with Crippen molar-refractivity contribution in [2.75, 3.05) is 20.7 Å². The summed E-state index contributed by atoms with van der Waals surface area (Å²) in [6.07, 6.45) is 3.24. The highest BCUT2D eigenvalue weighted by Crippen LogP contribution is 1.92. The summed E-state index contributed by atoms with van der Waals surface area (Å²) in [5.74, 6) is -0.299. The molecular weight excluding hydrogens is 154 g/mol. The summed E-state index contributed by atoms with van der Waals surface area (Å²) >= 11 is 0. The van der Waals surface area contributed by atoms with Gasteiger partial charge in [-0.05, 0) is 20.9 Å². The van der Waals surface area contributed by atoms with E-state index in [-0.39, 0.29) is 5.97 Å². The average Bonchev–Trinajstić information content (AvgIpc) is 2.03. The zero-order valence-electron chi connectivity index (χ0n) is 8.20. The lowest BCUT2D eigenvalue weighted by Crippen LogP contribution is -2.26. The van der Waals surface area contributed by atoms with Crippen LogP contribution in [0.3, 0.4) is 0 Å². The van der Waals surface area contributed by atoms with Crippen LogP contribution in [-0.4, -0.2) is 37.6 Å². The summed E-state index contributed by atoms with van der Waals surface area (Å²) in [7, 11) is 3.38. The molecule has 0 aromatic rings. The van der Waals surface area contributed by atoms with Gasteiger partial charge in [0.2, 0.25) is 0 Å². The topological polar surface area (TPSA) is 29.5 Å². The van der Waals surface area contributed by atoms with Crippen LogP contribution in [0.25, 0.3) is 0 Å². The lowest BCUT2D eigenvalue weighted by atomic mass is 10.3. The van der Waals surface area contributed by atoms with Crippen LogP contribution in [0.2, 0.25) is 0 Å². The lowest BCUT2D eigenvalue weighted by Gasteiger charge is -2.18. The molecule has 0 aromatic carbocycles. The van der Waals surface area contributed by atoms with Crippen LogP contribution in [0.1, 0.15) is 13.8 Å². The van der Waals surface area contributed by atoms with Crippen molar-refractivity contribution < 1.29 is 9.53 Å². The van der Waals surface area contributed by atoms with Gasteiger partial charge in [0.05, 0.1) is 7.11 Å². The lowest BCUT2D eigenvalue weighted by molar-refractivity contribution is -0.134. The Bertz CT molecular complexity index is 164. The minimum absolute atomic E-state index is 0.299. The standard InChI is InChI=1S/C9H17NO2/c1-8(2)10(3)7-5-6-9(11)12-4/h5-6,8H,7H2,1-4H3. The maximum Gasteiger partial charge on any atom is 0.330 e. The second-order valence-corrected chi connectivity index (χ2v) is 2.96. The Labute approximate surface area is 74.0 Å². The zero-order valence-corrected chi connectivity index (χ0v) is 8.20. The Morgan fingerprint density at radius 1 is 1.58 bits per heavy atom. The van der Waals surface area contributed by atoms with Gasteiger partial charge < -0.3 is 9.64 Å². The van der Waals surface area contributed by atoms with Crippen molar-refractivity contribution >= 4 is 5.97 Å². The number of ether oxygens (including phenoxy) is 1. The van der Waals surface area contributed by atoms with Gasteiger partial charge in [-0.15, -0.1) is 0 Å². The maximum absolute atomic E-state index is 10.6. The number of methoxy groups -OCH3 is 1. The molecule has 0 aliphatic carbocycles. The van der Waals surface area contributed by atoms with Crippen LogP contribution in [0.5, 0.6) is 0 Å². The first-order chi connectivity index (χ1) is 5.57. The fraction of sp³-hybridized carbons (Fsp3) is 0.667. The largest absolute Gasteiger partial charge is 0.466 e. The third kappa shape index (κ3) is 4.91. The number of hydrogen-bond donors (Lipinski definition) is 0. The van der Waals surface area contributed by atoms with Gasteiger partial charge in [-0.3, -0.25) is 0 Å². The fourth-order valence-corrected chi connectivity index (χ4v) is 0.594. The van der Waals surface area contributed by atoms with Crippen molar-refractivity contribution in [3.8, 4) is 0 Å². The highest BCUT2D eigenvalue weighted by atomic mass is 16.5. The quantitative estimate of drug-likeness (QED) is 0.468. The first kappa shape index (κ1) is 11.2. The average molecular weight is 171 g/mol. The van der Waals surface area contributed by atoms with E-state index in [1.165, 1.54) is 13.2 Å². The third-order valence-corrected chi connectivity index (χ3v) is 1.73. The molecule has 0 fully saturated rings. The Balaban J connectivity index is 3.67. The highest BCUT2D eigenvalue weighted by Gasteiger charge is 1.99. The number of carbonyl (C=O) groups excluding carboxylic acids is 1. The first-order valence-corrected chi connectivity index (χ1v) is 4.02. The summed E-state index contributed by atoms with van der Waals surface area (Å²) in [5.41, 5.74) is 0. The summed E-state index contributed by atoms with van der Waals surface area (Å²) in [5, 5.41) is 0. The second kappa shape index (κ2) is 5.77. The molecule has 3 heteroatoms. The monoisotopic (exact) mass is 171 g/mol. The molecule has 3 nitrogen and oxygen atoms in total. The van der Waals surface area contributed by atoms with Gasteiger partial charge in [-0.1, -0.05) is 6.08 Å². The molecule has 0 aliphatic heterocycles. The van der Waals surface area contributed by atoms with Crippen LogP contribution in [0.4, 0.5) is 0 Å². The van der Waals surface area contributed by atoms with Crippen LogP contribution in [0.15, 0.2) is 12.2 Å². The fourth-order valence-electron chi connectivity index (χ4n) is 0.594. The summed E-state index contributed by atoms with van der Waals surface area (Å²) in [6.45, 7) is 4.98. The van der Waals surface area contributed by atoms with Crippen molar-refractivity contribution in [3.63, 3.8) is 0 Å². The molecule has 0 radical (unpaired) electrons. The molecule has 0 saturated heterocycles. The Morgan fingerprint density at radius 3 is 2.58 bits per heavy atom. The van der Waals surface area contributed by atoms with Crippen LogP contribution in [0, 0.1) is 0 Å². The van der Waals surface area contributed by atoms with E-state index in [9.17, 15) is 4.79 Å². The number of nitrogens with zero attached hydrogens (tertiary/aromatic N) is 1. The molecule has 0 saturated carbocycles. The number of esters is 1. The van der Waals surface area contributed by atoms with E-state index in [4.69, 9.17) is 0 Å². The van der Waals surface area contributed by atoms with Gasteiger partial charge in [-0.2, -0.15) is 0 Å². The third-order valence-electron chi connectivity index (χ3n) is 1.73. The van der Waals surface area contributed by atoms with E-state index in [1.807, 2.05) is 7.05 Å². The molecule has 0 bridgehead atoms. The number of hydrogen-bond acceptors (Lipinski definition) is 3. The van der Waals surface area contributed by atoms with Gasteiger partial charge in [0.15, 0.2) is 0 Å². The molecule has 12 heavy (non-hydrogen) atoms. The summed E-state index contributed by atoms with van der Waals surface area (Å²) in [4.78, 5) is 12.8. The molecule has 0 amide bonds. The number of rotatable bonds is 4. The molecule has 70 valence electrons. The summed E-state index contributed by atoms with van der Waals surface area (Å²) in [6, 6.07) is 0.493. The van der Waals surface area contributed by atoms with Crippen LogP contribution in [-0.2, 0) is 9.53 Å². The van der Waals surface area contributed by atoms with E-state index in [0.29, 0.717) is 6.04 Å². The minimum Gasteiger partial charge on any atom is -0.466 e. The highest BCUT2D eigenvalue weighted by molar-refractivity contribution is 5.81. The van der Waals surface area contributed by atoms with Crippen molar-refractivity contribution in [1.29, 1.82) is 0 Å². The number of likely N-dealkylation sites (N-methyl/N-ethyl adjacent to an activating group) is 1. The van der Waals surface area contributed by atoms with Crippen molar-refractivity contribution in [2.45, 2.75) is 19.9 Å². The van der Waals surface area contributed by atoms with Gasteiger partial charge >= 0.3 is 5.97 Å². The molecule has 0 rings (SSSR count). The van der Waals surface area contributed by atoms with E-state index < -0.39 is 0 Å². The molecule has 0 N–H and O–H groups in total. The van der Waals surface area contributed by atoms with E-state index >= 15 is 0 Å². The first-order valence-electron chi connectivity index (χ1n) is 4.02. The van der Waals surface area contributed by atoms with Crippen molar-refractivity contribution in [3.05, 3.63) is 12.2 Å². The van der Waals surface area contributed by atoms with Crippen molar-refractivity contribution in [1.82, 2.24) is 4.90 Å². The molecule has 0 heterocycles. The van der Waals surface area contributed by atoms with Gasteiger partial charge in [-0.25, -0.2) is 4.79 Å². The Hall–Kier alpha value is -0.830. The maximum atomic E-state index is 10.6. The van der Waals surface area contributed by atoms with Crippen molar-refractivity contribution in [2.24, 2.45) is 0 Å². The van der Waals surface area contributed by atoms with E-state index in [1.54, 1.807) is 6.08 Å². The Kier molecular flexibility index (Phi) is 5.37. The number of carbonyl (C=O) groups is 1. The minimum atomic E-state index is -0.299. The zero-order chi connectivity index (χ0) is 9.56. The van der Waals surface area contributed by atoms with E-state index in [0.717, 1.165) is 6.54 Å².